The van der Waals surface area contributed by atoms with Crippen molar-refractivity contribution in [2.75, 3.05) is 25.2 Å². The highest BCUT2D eigenvalue weighted by Gasteiger charge is 2.15. The van der Waals surface area contributed by atoms with Crippen molar-refractivity contribution in [2.24, 2.45) is 0 Å². The van der Waals surface area contributed by atoms with E-state index in [1.54, 1.807) is 37.0 Å². The Morgan fingerprint density at radius 1 is 1.17 bits per heavy atom. The predicted molar refractivity (Wildman–Crippen MR) is 90.2 cm³/mol. The van der Waals surface area contributed by atoms with Crippen molar-refractivity contribution in [3.05, 3.63) is 59.9 Å². The van der Waals surface area contributed by atoms with Crippen molar-refractivity contribution >= 4 is 29.3 Å². The fraction of sp³-hybridized carbons (Fsp3) is 0.176. The summed E-state index contributed by atoms with van der Waals surface area (Å²) in [5.74, 6) is -1.06. The van der Waals surface area contributed by atoms with Gasteiger partial charge in [-0.25, -0.2) is 4.39 Å². The summed E-state index contributed by atoms with van der Waals surface area (Å²) in [6.07, 6.45) is 1.96. The van der Waals surface area contributed by atoms with Crippen LogP contribution < -0.4 is 5.32 Å². The summed E-state index contributed by atoms with van der Waals surface area (Å²) in [7, 11) is 1.55. The molecule has 2 aromatic rings. The van der Waals surface area contributed by atoms with Crippen LogP contribution in [0.15, 0.2) is 53.4 Å². The molecule has 6 heteroatoms. The summed E-state index contributed by atoms with van der Waals surface area (Å²) in [5, 5.41) is 2.56. The molecule has 0 aliphatic carbocycles. The van der Waals surface area contributed by atoms with E-state index in [9.17, 15) is 14.0 Å². The average molecular weight is 332 g/mol. The van der Waals surface area contributed by atoms with Gasteiger partial charge in [-0.1, -0.05) is 6.07 Å². The number of carbonyl (C=O) groups is 2. The van der Waals surface area contributed by atoms with E-state index in [-0.39, 0.29) is 18.4 Å². The molecule has 4 nitrogen and oxygen atoms in total. The third-order valence-corrected chi connectivity index (χ3v) is 3.92. The van der Waals surface area contributed by atoms with E-state index >= 15 is 0 Å². The lowest BCUT2D eigenvalue weighted by Crippen LogP contribution is -2.34. The topological polar surface area (TPSA) is 49.4 Å². The van der Waals surface area contributed by atoms with Gasteiger partial charge < -0.3 is 10.2 Å². The lowest BCUT2D eigenvalue weighted by molar-refractivity contribution is -0.116. The molecule has 0 fully saturated rings. The highest BCUT2D eigenvalue weighted by molar-refractivity contribution is 7.98. The van der Waals surface area contributed by atoms with Crippen molar-refractivity contribution in [1.82, 2.24) is 4.90 Å². The van der Waals surface area contributed by atoms with Gasteiger partial charge >= 0.3 is 0 Å². The third-order valence-electron chi connectivity index (χ3n) is 3.17. The number of hydrogen-bond acceptors (Lipinski definition) is 3. The molecule has 2 amide bonds. The molecular weight excluding hydrogens is 315 g/mol. The summed E-state index contributed by atoms with van der Waals surface area (Å²) in [6.45, 7) is -0.111. The van der Waals surface area contributed by atoms with Crippen LogP contribution in [0, 0.1) is 5.82 Å². The monoisotopic (exact) mass is 332 g/mol. The Bertz CT molecular complexity index is 704. The highest BCUT2D eigenvalue weighted by Crippen LogP contribution is 2.15. The summed E-state index contributed by atoms with van der Waals surface area (Å²) in [5.41, 5.74) is 0.879. The molecule has 0 bridgehead atoms. The lowest BCUT2D eigenvalue weighted by Gasteiger charge is -2.17. The quantitative estimate of drug-likeness (QED) is 0.855. The number of rotatable bonds is 5. The predicted octanol–water partition coefficient (Wildman–Crippen LogP) is 3.26. The Morgan fingerprint density at radius 3 is 2.48 bits per heavy atom. The Balaban J connectivity index is 1.95. The normalized spacial score (nSPS) is 10.2. The van der Waals surface area contributed by atoms with E-state index in [1.165, 1.54) is 23.1 Å². The maximum atomic E-state index is 13.1. The second kappa shape index (κ2) is 7.78. The Hall–Kier alpha value is -2.34. The fourth-order valence-electron chi connectivity index (χ4n) is 2.01. The molecule has 120 valence electrons. The molecule has 0 atom stereocenters. The van der Waals surface area contributed by atoms with Crippen molar-refractivity contribution in [2.45, 2.75) is 4.90 Å². The van der Waals surface area contributed by atoms with Crippen molar-refractivity contribution in [3.8, 4) is 0 Å². The Labute approximate surface area is 138 Å². The zero-order valence-corrected chi connectivity index (χ0v) is 13.7. The molecule has 0 spiro atoms. The van der Waals surface area contributed by atoms with Gasteiger partial charge in [0.15, 0.2) is 0 Å². The molecule has 0 saturated heterocycles. The van der Waals surface area contributed by atoms with Crippen LogP contribution >= 0.6 is 11.8 Å². The van der Waals surface area contributed by atoms with Gasteiger partial charge in [0.1, 0.15) is 5.82 Å². The number of amides is 2. The zero-order chi connectivity index (χ0) is 16.8. The standard InChI is InChI=1S/C17H17FN2O2S/c1-20(17(22)12-6-8-15(23-2)9-7-12)11-16(21)19-14-5-3-4-13(18)10-14/h3-10H,11H2,1-2H3,(H,19,21). The van der Waals surface area contributed by atoms with Gasteiger partial charge in [0.05, 0.1) is 6.54 Å². The van der Waals surface area contributed by atoms with Crippen LogP contribution in [0.1, 0.15) is 10.4 Å². The largest absolute Gasteiger partial charge is 0.332 e. The molecule has 0 saturated carbocycles. The number of likely N-dealkylation sites (N-methyl/N-ethyl adjacent to an activating group) is 1. The second-order valence-corrected chi connectivity index (χ2v) is 5.83. The minimum atomic E-state index is -0.430. The van der Waals surface area contributed by atoms with Gasteiger partial charge in [-0.05, 0) is 48.7 Å². The number of anilines is 1. The van der Waals surface area contributed by atoms with Gasteiger partial charge in [0, 0.05) is 23.2 Å². The maximum absolute atomic E-state index is 13.1. The molecule has 1 N–H and O–H groups in total. The van der Waals surface area contributed by atoms with E-state index in [2.05, 4.69) is 5.32 Å². The molecule has 23 heavy (non-hydrogen) atoms. The van der Waals surface area contributed by atoms with Crippen molar-refractivity contribution in [1.29, 1.82) is 0 Å². The van der Waals surface area contributed by atoms with Crippen LogP contribution in [0.3, 0.4) is 0 Å². The van der Waals surface area contributed by atoms with E-state index in [0.29, 0.717) is 11.3 Å². The number of carbonyl (C=O) groups excluding carboxylic acids is 2. The first kappa shape index (κ1) is 17.0. The van der Waals surface area contributed by atoms with E-state index in [1.807, 2.05) is 18.4 Å². The van der Waals surface area contributed by atoms with Crippen LogP contribution in [-0.2, 0) is 4.79 Å². The molecule has 0 heterocycles. The zero-order valence-electron chi connectivity index (χ0n) is 12.9. The summed E-state index contributed by atoms with van der Waals surface area (Å²) in [4.78, 5) is 26.6. The van der Waals surface area contributed by atoms with Crippen molar-refractivity contribution in [3.63, 3.8) is 0 Å². The first-order valence-electron chi connectivity index (χ1n) is 6.94. The van der Waals surface area contributed by atoms with Crippen LogP contribution in [0.5, 0.6) is 0 Å². The van der Waals surface area contributed by atoms with Crippen LogP contribution in [-0.4, -0.2) is 36.6 Å². The van der Waals surface area contributed by atoms with E-state index in [0.717, 1.165) is 4.90 Å². The molecule has 0 aromatic heterocycles. The highest BCUT2D eigenvalue weighted by atomic mass is 32.2. The Morgan fingerprint density at radius 2 is 1.87 bits per heavy atom. The molecule has 0 aliphatic heterocycles. The summed E-state index contributed by atoms with van der Waals surface area (Å²) in [6, 6.07) is 12.8. The number of thioether (sulfide) groups is 1. The fourth-order valence-corrected chi connectivity index (χ4v) is 2.42. The first-order valence-corrected chi connectivity index (χ1v) is 8.17. The van der Waals surface area contributed by atoms with Crippen LogP contribution in [0.25, 0.3) is 0 Å². The van der Waals surface area contributed by atoms with E-state index < -0.39 is 5.82 Å². The molecule has 0 radical (unpaired) electrons. The number of hydrogen-bond donors (Lipinski definition) is 1. The molecule has 2 aromatic carbocycles. The summed E-state index contributed by atoms with van der Waals surface area (Å²) < 4.78 is 13.1. The first-order chi connectivity index (χ1) is 11.0. The SMILES string of the molecule is CSc1ccc(C(=O)N(C)CC(=O)Nc2cccc(F)c2)cc1. The molecule has 0 aliphatic rings. The van der Waals surface area contributed by atoms with Crippen molar-refractivity contribution < 1.29 is 14.0 Å². The number of halogens is 1. The number of nitrogens with one attached hydrogen (secondary N) is 1. The lowest BCUT2D eigenvalue weighted by atomic mass is 10.2. The minimum Gasteiger partial charge on any atom is -0.332 e. The van der Waals surface area contributed by atoms with Gasteiger partial charge in [-0.2, -0.15) is 0 Å². The minimum absolute atomic E-state index is 0.111. The molecule has 2 rings (SSSR count). The third kappa shape index (κ3) is 4.82. The molecular formula is C17H17FN2O2S. The van der Waals surface area contributed by atoms with Gasteiger partial charge in [0.2, 0.25) is 5.91 Å². The maximum Gasteiger partial charge on any atom is 0.254 e. The van der Waals surface area contributed by atoms with Crippen LogP contribution in [0.2, 0.25) is 0 Å². The van der Waals surface area contributed by atoms with Crippen LogP contribution in [0.4, 0.5) is 10.1 Å². The Kier molecular flexibility index (Phi) is 5.76. The number of nitrogens with zero attached hydrogens (tertiary/aromatic N) is 1. The average Bonchev–Trinajstić information content (AvgIpc) is 2.54. The van der Waals surface area contributed by atoms with E-state index in [4.69, 9.17) is 0 Å². The number of benzene rings is 2. The smallest absolute Gasteiger partial charge is 0.254 e. The molecule has 0 unspecified atom stereocenters. The van der Waals surface area contributed by atoms with Gasteiger partial charge in [0.25, 0.3) is 5.91 Å². The second-order valence-electron chi connectivity index (χ2n) is 4.95. The van der Waals surface area contributed by atoms with Gasteiger partial charge in [-0.3, -0.25) is 9.59 Å². The summed E-state index contributed by atoms with van der Waals surface area (Å²) >= 11 is 1.59. The van der Waals surface area contributed by atoms with Gasteiger partial charge in [-0.15, -0.1) is 11.8 Å².